The van der Waals surface area contributed by atoms with Crippen molar-refractivity contribution in [3.63, 3.8) is 0 Å². The van der Waals surface area contributed by atoms with E-state index in [-0.39, 0.29) is 17.5 Å². The van der Waals surface area contributed by atoms with Crippen LogP contribution in [0.2, 0.25) is 5.02 Å². The highest BCUT2D eigenvalue weighted by atomic mass is 35.5. The first-order valence-electron chi connectivity index (χ1n) is 7.07. The lowest BCUT2D eigenvalue weighted by Gasteiger charge is -2.09. The van der Waals surface area contributed by atoms with Gasteiger partial charge in [-0.3, -0.25) is 9.59 Å². The fourth-order valence-corrected chi connectivity index (χ4v) is 2.04. The Labute approximate surface area is 140 Å². The summed E-state index contributed by atoms with van der Waals surface area (Å²) in [5.74, 6) is -0.714. The summed E-state index contributed by atoms with van der Waals surface area (Å²) in [6.07, 6.45) is 1.60. The van der Waals surface area contributed by atoms with E-state index in [1.807, 2.05) is 19.1 Å². The fraction of sp³-hybridized carbons (Fsp3) is 0.111. The van der Waals surface area contributed by atoms with Crippen LogP contribution in [-0.2, 0) is 4.79 Å². The lowest BCUT2D eigenvalue weighted by Crippen LogP contribution is -2.33. The molecular weight excluding hydrogens is 312 g/mol. The van der Waals surface area contributed by atoms with Crippen molar-refractivity contribution in [1.82, 2.24) is 10.6 Å². The molecule has 0 saturated carbocycles. The molecule has 4 nitrogen and oxygen atoms in total. The minimum absolute atomic E-state index is 0.167. The maximum atomic E-state index is 12.3. The normalized spacial score (nSPS) is 11.0. The van der Waals surface area contributed by atoms with Crippen LogP contribution in [0.1, 0.15) is 21.5 Å². The van der Waals surface area contributed by atoms with Gasteiger partial charge in [0.2, 0.25) is 0 Å². The average Bonchev–Trinajstić information content (AvgIpc) is 2.56. The molecule has 0 bridgehead atoms. The minimum atomic E-state index is -0.375. The third kappa shape index (κ3) is 4.69. The molecule has 2 amide bonds. The SMILES string of the molecule is CNC(=O)/C(=C\c1ccc(Cl)cc1)NC(=O)c1ccc(C)cc1. The van der Waals surface area contributed by atoms with Gasteiger partial charge in [0, 0.05) is 17.6 Å². The third-order valence-electron chi connectivity index (χ3n) is 3.21. The summed E-state index contributed by atoms with van der Waals surface area (Å²) in [6.45, 7) is 1.94. The maximum Gasteiger partial charge on any atom is 0.267 e. The van der Waals surface area contributed by atoms with Crippen molar-refractivity contribution in [2.24, 2.45) is 0 Å². The lowest BCUT2D eigenvalue weighted by atomic mass is 10.1. The molecule has 0 radical (unpaired) electrons. The van der Waals surface area contributed by atoms with Crippen molar-refractivity contribution in [2.45, 2.75) is 6.92 Å². The molecule has 2 aromatic carbocycles. The number of benzene rings is 2. The summed E-state index contributed by atoms with van der Waals surface area (Å²) in [6, 6.07) is 14.1. The summed E-state index contributed by atoms with van der Waals surface area (Å²) in [4.78, 5) is 24.3. The van der Waals surface area contributed by atoms with E-state index in [4.69, 9.17) is 11.6 Å². The largest absolute Gasteiger partial charge is 0.354 e. The first-order chi connectivity index (χ1) is 11.0. The Balaban J connectivity index is 2.25. The second-order valence-electron chi connectivity index (χ2n) is 5.01. The second kappa shape index (κ2) is 7.61. The van der Waals surface area contributed by atoms with Gasteiger partial charge in [0.05, 0.1) is 0 Å². The van der Waals surface area contributed by atoms with Crippen LogP contribution in [0.3, 0.4) is 0 Å². The Morgan fingerprint density at radius 2 is 1.61 bits per heavy atom. The van der Waals surface area contributed by atoms with Crippen molar-refractivity contribution >= 4 is 29.5 Å². The van der Waals surface area contributed by atoms with Crippen molar-refractivity contribution in [2.75, 3.05) is 7.05 Å². The number of aryl methyl sites for hydroxylation is 1. The van der Waals surface area contributed by atoms with Gasteiger partial charge in [-0.1, -0.05) is 41.4 Å². The summed E-state index contributed by atoms with van der Waals surface area (Å²) in [5, 5.41) is 5.76. The molecule has 0 unspecified atom stereocenters. The number of hydrogen-bond donors (Lipinski definition) is 2. The molecule has 2 N–H and O–H groups in total. The van der Waals surface area contributed by atoms with Gasteiger partial charge in [-0.25, -0.2) is 0 Å². The predicted molar refractivity (Wildman–Crippen MR) is 92.1 cm³/mol. The average molecular weight is 329 g/mol. The molecular formula is C18H17ClN2O2. The molecule has 0 aliphatic heterocycles. The minimum Gasteiger partial charge on any atom is -0.354 e. The molecule has 0 spiro atoms. The maximum absolute atomic E-state index is 12.3. The Kier molecular flexibility index (Phi) is 5.55. The van der Waals surface area contributed by atoms with Crippen molar-refractivity contribution < 1.29 is 9.59 Å². The highest BCUT2D eigenvalue weighted by Gasteiger charge is 2.13. The van der Waals surface area contributed by atoms with E-state index in [1.54, 1.807) is 42.5 Å². The first-order valence-corrected chi connectivity index (χ1v) is 7.45. The molecule has 0 atom stereocenters. The first kappa shape index (κ1) is 16.8. The van der Waals surface area contributed by atoms with Gasteiger partial charge in [-0.2, -0.15) is 0 Å². The molecule has 0 aliphatic rings. The van der Waals surface area contributed by atoms with E-state index in [0.29, 0.717) is 10.6 Å². The predicted octanol–water partition coefficient (Wildman–Crippen LogP) is 3.17. The molecule has 0 aliphatic carbocycles. The highest BCUT2D eigenvalue weighted by molar-refractivity contribution is 6.30. The van der Waals surface area contributed by atoms with Crippen LogP contribution in [0.25, 0.3) is 6.08 Å². The number of carbonyl (C=O) groups is 2. The molecule has 0 fully saturated rings. The number of rotatable bonds is 4. The van der Waals surface area contributed by atoms with E-state index < -0.39 is 0 Å². The number of hydrogen-bond acceptors (Lipinski definition) is 2. The highest BCUT2D eigenvalue weighted by Crippen LogP contribution is 2.12. The molecule has 2 aromatic rings. The van der Waals surface area contributed by atoms with Crippen molar-refractivity contribution in [3.05, 3.63) is 75.9 Å². The van der Waals surface area contributed by atoms with E-state index in [0.717, 1.165) is 11.1 Å². The van der Waals surface area contributed by atoms with Gasteiger partial charge in [-0.05, 0) is 42.8 Å². The van der Waals surface area contributed by atoms with Gasteiger partial charge in [0.1, 0.15) is 5.70 Å². The standard InChI is InChI=1S/C18H17ClN2O2/c1-12-3-7-14(8-4-12)17(22)21-16(18(23)20-2)11-13-5-9-15(19)10-6-13/h3-11H,1-2H3,(H,20,23)(H,21,22)/b16-11+. The Bertz CT molecular complexity index is 735. The van der Waals surface area contributed by atoms with Crippen LogP contribution >= 0.6 is 11.6 Å². The molecule has 23 heavy (non-hydrogen) atoms. The zero-order chi connectivity index (χ0) is 16.8. The summed E-state index contributed by atoms with van der Waals surface area (Å²) in [5.41, 5.74) is 2.48. The fourth-order valence-electron chi connectivity index (χ4n) is 1.92. The quantitative estimate of drug-likeness (QED) is 0.847. The summed E-state index contributed by atoms with van der Waals surface area (Å²) >= 11 is 5.85. The van der Waals surface area contributed by atoms with Crippen molar-refractivity contribution in [1.29, 1.82) is 0 Å². The van der Waals surface area contributed by atoms with Gasteiger partial charge < -0.3 is 10.6 Å². The van der Waals surface area contributed by atoms with Crippen molar-refractivity contribution in [3.8, 4) is 0 Å². The van der Waals surface area contributed by atoms with Gasteiger partial charge in [0.25, 0.3) is 11.8 Å². The molecule has 0 saturated heterocycles. The molecule has 5 heteroatoms. The number of halogens is 1. The van der Waals surface area contributed by atoms with E-state index in [9.17, 15) is 9.59 Å². The van der Waals surface area contributed by atoms with Gasteiger partial charge in [0.15, 0.2) is 0 Å². The number of amides is 2. The topological polar surface area (TPSA) is 58.2 Å². The van der Waals surface area contributed by atoms with Crippen LogP contribution in [0.5, 0.6) is 0 Å². The lowest BCUT2D eigenvalue weighted by molar-refractivity contribution is -0.117. The Morgan fingerprint density at radius 3 is 2.17 bits per heavy atom. The van der Waals surface area contributed by atoms with Gasteiger partial charge in [-0.15, -0.1) is 0 Å². The van der Waals surface area contributed by atoms with Crippen LogP contribution in [0.15, 0.2) is 54.2 Å². The third-order valence-corrected chi connectivity index (χ3v) is 3.47. The van der Waals surface area contributed by atoms with E-state index >= 15 is 0 Å². The van der Waals surface area contributed by atoms with E-state index in [1.165, 1.54) is 7.05 Å². The Hall–Kier alpha value is -2.59. The monoisotopic (exact) mass is 328 g/mol. The summed E-state index contributed by atoms with van der Waals surface area (Å²) < 4.78 is 0. The van der Waals surface area contributed by atoms with Crippen LogP contribution < -0.4 is 10.6 Å². The molecule has 2 rings (SSSR count). The Morgan fingerprint density at radius 1 is 1.00 bits per heavy atom. The summed E-state index contributed by atoms with van der Waals surface area (Å²) in [7, 11) is 1.51. The molecule has 118 valence electrons. The van der Waals surface area contributed by atoms with Crippen LogP contribution in [-0.4, -0.2) is 18.9 Å². The smallest absolute Gasteiger partial charge is 0.267 e. The number of likely N-dealkylation sites (N-methyl/N-ethyl adjacent to an activating group) is 1. The number of carbonyl (C=O) groups excluding carboxylic acids is 2. The number of nitrogens with one attached hydrogen (secondary N) is 2. The van der Waals surface area contributed by atoms with E-state index in [2.05, 4.69) is 10.6 Å². The van der Waals surface area contributed by atoms with Gasteiger partial charge >= 0.3 is 0 Å². The van der Waals surface area contributed by atoms with Crippen LogP contribution in [0, 0.1) is 6.92 Å². The second-order valence-corrected chi connectivity index (χ2v) is 5.45. The van der Waals surface area contributed by atoms with Crippen LogP contribution in [0.4, 0.5) is 0 Å². The zero-order valence-electron chi connectivity index (χ0n) is 12.9. The zero-order valence-corrected chi connectivity index (χ0v) is 13.6. The molecule has 0 aromatic heterocycles. The molecule has 0 heterocycles.